The van der Waals surface area contributed by atoms with Crippen molar-refractivity contribution in [2.45, 2.75) is 116 Å². The van der Waals surface area contributed by atoms with Crippen molar-refractivity contribution in [3.63, 3.8) is 0 Å². The molecule has 0 spiro atoms. The molecule has 0 aromatic carbocycles. The SMILES string of the molecule is CC(=O)CCCCCCCCCCCCCCCCCC=S. The van der Waals surface area contributed by atoms with Crippen LogP contribution in [0.4, 0.5) is 0 Å². The Labute approximate surface area is 144 Å². The van der Waals surface area contributed by atoms with Gasteiger partial charge in [0.1, 0.15) is 5.78 Å². The minimum Gasteiger partial charge on any atom is -0.300 e. The molecule has 130 valence electrons. The van der Waals surface area contributed by atoms with Gasteiger partial charge >= 0.3 is 0 Å². The van der Waals surface area contributed by atoms with Crippen LogP contribution < -0.4 is 0 Å². The molecular weight excluding hydrogens is 288 g/mol. The van der Waals surface area contributed by atoms with Crippen LogP contribution in [0.5, 0.6) is 0 Å². The minimum atomic E-state index is 0.343. The normalized spacial score (nSPS) is 10.8. The topological polar surface area (TPSA) is 17.1 Å². The molecule has 0 fully saturated rings. The number of unbranched alkanes of at least 4 members (excludes halogenated alkanes) is 15. The number of ketones is 1. The lowest BCUT2D eigenvalue weighted by molar-refractivity contribution is -0.117. The highest BCUT2D eigenvalue weighted by atomic mass is 32.1. The average molecular weight is 327 g/mol. The lowest BCUT2D eigenvalue weighted by Crippen LogP contribution is -1.89. The van der Waals surface area contributed by atoms with Crippen LogP contribution in [0.25, 0.3) is 0 Å². The summed E-state index contributed by atoms with van der Waals surface area (Å²) in [6.45, 7) is 1.70. The Balaban J connectivity index is 2.97. The lowest BCUT2D eigenvalue weighted by atomic mass is 10.0. The maximum atomic E-state index is 10.8. The summed E-state index contributed by atoms with van der Waals surface area (Å²) in [6.07, 6.45) is 22.3. The van der Waals surface area contributed by atoms with Gasteiger partial charge in [-0.15, -0.1) is 0 Å². The van der Waals surface area contributed by atoms with E-state index < -0.39 is 0 Å². The molecule has 0 aromatic heterocycles. The van der Waals surface area contributed by atoms with Crippen molar-refractivity contribution in [3.05, 3.63) is 0 Å². The molecule has 0 aromatic rings. The highest BCUT2D eigenvalue weighted by Gasteiger charge is 1.96. The van der Waals surface area contributed by atoms with Gasteiger partial charge in [0.15, 0.2) is 0 Å². The molecule has 0 aliphatic carbocycles. The van der Waals surface area contributed by atoms with Crippen molar-refractivity contribution in [1.82, 2.24) is 0 Å². The zero-order chi connectivity index (χ0) is 16.3. The van der Waals surface area contributed by atoms with E-state index in [9.17, 15) is 4.79 Å². The number of rotatable bonds is 18. The van der Waals surface area contributed by atoms with Crippen LogP contribution in [-0.2, 0) is 4.79 Å². The van der Waals surface area contributed by atoms with Crippen molar-refractivity contribution in [2.24, 2.45) is 0 Å². The lowest BCUT2D eigenvalue weighted by Gasteiger charge is -2.03. The molecule has 1 nitrogen and oxygen atoms in total. The van der Waals surface area contributed by atoms with Gasteiger partial charge in [0.2, 0.25) is 0 Å². The third kappa shape index (κ3) is 19.8. The molecule has 0 amide bonds. The van der Waals surface area contributed by atoms with E-state index in [0.717, 1.165) is 19.3 Å². The second-order valence-electron chi connectivity index (χ2n) is 6.71. The average Bonchev–Trinajstić information content (AvgIpc) is 2.50. The molecule has 0 saturated carbocycles. The van der Waals surface area contributed by atoms with Gasteiger partial charge in [-0.2, -0.15) is 0 Å². The number of thiocarbonyl (C=S) groups is 1. The third-order valence-electron chi connectivity index (χ3n) is 4.35. The van der Waals surface area contributed by atoms with E-state index >= 15 is 0 Å². The van der Waals surface area contributed by atoms with Crippen molar-refractivity contribution in [3.8, 4) is 0 Å². The van der Waals surface area contributed by atoms with Crippen LogP contribution >= 0.6 is 12.2 Å². The first-order valence-corrected chi connectivity index (χ1v) is 10.2. The largest absolute Gasteiger partial charge is 0.300 e. The Morgan fingerprint density at radius 1 is 0.636 bits per heavy atom. The monoisotopic (exact) mass is 326 g/mol. The van der Waals surface area contributed by atoms with Crippen molar-refractivity contribution >= 4 is 23.4 Å². The maximum absolute atomic E-state index is 10.8. The smallest absolute Gasteiger partial charge is 0.129 e. The van der Waals surface area contributed by atoms with E-state index in [4.69, 9.17) is 12.2 Å². The van der Waals surface area contributed by atoms with Crippen molar-refractivity contribution in [2.75, 3.05) is 0 Å². The maximum Gasteiger partial charge on any atom is 0.129 e. The Hall–Kier alpha value is -0.240. The van der Waals surface area contributed by atoms with E-state index in [1.54, 1.807) is 6.92 Å². The third-order valence-corrected chi connectivity index (χ3v) is 4.59. The summed E-state index contributed by atoms with van der Waals surface area (Å²) in [7, 11) is 0. The highest BCUT2D eigenvalue weighted by Crippen LogP contribution is 2.13. The molecule has 0 atom stereocenters. The number of hydrogen-bond acceptors (Lipinski definition) is 2. The molecule has 0 saturated heterocycles. The Morgan fingerprint density at radius 2 is 0.955 bits per heavy atom. The summed E-state index contributed by atoms with van der Waals surface area (Å²) in [5.41, 5.74) is 0. The van der Waals surface area contributed by atoms with Crippen LogP contribution in [0, 0.1) is 0 Å². The van der Waals surface area contributed by atoms with Gasteiger partial charge in [-0.3, -0.25) is 0 Å². The molecule has 2 heteroatoms. The van der Waals surface area contributed by atoms with Crippen LogP contribution in [0.1, 0.15) is 116 Å². The zero-order valence-electron chi connectivity index (χ0n) is 14.9. The molecule has 0 heterocycles. The molecule has 22 heavy (non-hydrogen) atoms. The van der Waals surface area contributed by atoms with Gasteiger partial charge in [-0.05, 0) is 31.6 Å². The van der Waals surface area contributed by atoms with Crippen LogP contribution in [0.3, 0.4) is 0 Å². The summed E-state index contributed by atoms with van der Waals surface area (Å²) in [5.74, 6) is 0.343. The molecule has 0 N–H and O–H groups in total. The van der Waals surface area contributed by atoms with Crippen molar-refractivity contribution in [1.29, 1.82) is 0 Å². The fourth-order valence-corrected chi connectivity index (χ4v) is 3.07. The Bertz CT molecular complexity index is 250. The summed E-state index contributed by atoms with van der Waals surface area (Å²) in [5, 5.41) is 1.87. The fraction of sp³-hybridized carbons (Fsp3) is 0.900. The number of carbonyl (C=O) groups excluding carboxylic acids is 1. The van der Waals surface area contributed by atoms with E-state index in [0.29, 0.717) is 5.78 Å². The summed E-state index contributed by atoms with van der Waals surface area (Å²) >= 11 is 4.83. The van der Waals surface area contributed by atoms with Gasteiger partial charge in [0.05, 0.1) is 0 Å². The van der Waals surface area contributed by atoms with Gasteiger partial charge in [0, 0.05) is 6.42 Å². The quantitative estimate of drug-likeness (QED) is 0.195. The van der Waals surface area contributed by atoms with Crippen LogP contribution in [0.2, 0.25) is 0 Å². The van der Waals surface area contributed by atoms with Gasteiger partial charge in [0.25, 0.3) is 0 Å². The number of carbonyl (C=O) groups is 1. The van der Waals surface area contributed by atoms with Crippen molar-refractivity contribution < 1.29 is 4.79 Å². The molecule has 0 aliphatic heterocycles. The van der Waals surface area contributed by atoms with Crippen LogP contribution in [0.15, 0.2) is 0 Å². The summed E-state index contributed by atoms with van der Waals surface area (Å²) < 4.78 is 0. The highest BCUT2D eigenvalue weighted by molar-refractivity contribution is 7.78. The molecule has 0 rings (SSSR count). The molecular formula is C20H38OS. The molecule has 0 bridgehead atoms. The predicted octanol–water partition coefficient (Wildman–Crippen LogP) is 7.21. The first-order valence-electron chi connectivity index (χ1n) is 9.70. The van der Waals surface area contributed by atoms with Gasteiger partial charge < -0.3 is 4.79 Å². The van der Waals surface area contributed by atoms with Gasteiger partial charge in [-0.25, -0.2) is 0 Å². The van der Waals surface area contributed by atoms with Gasteiger partial charge in [-0.1, -0.05) is 95.7 Å². The summed E-state index contributed by atoms with van der Waals surface area (Å²) in [4.78, 5) is 10.8. The van der Waals surface area contributed by atoms with E-state index in [1.807, 2.05) is 5.37 Å². The minimum absolute atomic E-state index is 0.343. The number of hydrogen-bond donors (Lipinski definition) is 0. The fourth-order valence-electron chi connectivity index (χ4n) is 2.90. The molecule has 0 aliphatic rings. The molecule has 0 unspecified atom stereocenters. The second-order valence-corrected chi connectivity index (χ2v) is 7.04. The predicted molar refractivity (Wildman–Crippen MR) is 103 cm³/mol. The second kappa shape index (κ2) is 18.8. The van der Waals surface area contributed by atoms with E-state index in [1.165, 1.54) is 89.9 Å². The zero-order valence-corrected chi connectivity index (χ0v) is 15.7. The molecule has 0 radical (unpaired) electrons. The Kier molecular flexibility index (Phi) is 18.6. The first-order chi connectivity index (χ1) is 10.8. The number of Topliss-reactive ketones (excluding diaryl/α,β-unsaturated/α-hetero) is 1. The van der Waals surface area contributed by atoms with Crippen LogP contribution in [-0.4, -0.2) is 11.2 Å². The standard InChI is InChI=1S/C20H38OS/c1-20(21)18-16-14-12-10-8-6-4-2-3-5-7-9-11-13-15-17-19-22/h19H,2-18H2,1H3. The first kappa shape index (κ1) is 21.8. The van der Waals surface area contributed by atoms with E-state index in [-0.39, 0.29) is 0 Å². The summed E-state index contributed by atoms with van der Waals surface area (Å²) in [6, 6.07) is 0. The van der Waals surface area contributed by atoms with E-state index in [2.05, 4.69) is 0 Å². The Morgan fingerprint density at radius 3 is 1.27 bits per heavy atom.